The summed E-state index contributed by atoms with van der Waals surface area (Å²) in [5, 5.41) is 22.3. The number of nitro benzene ring substituents is 1. The number of nitrogens with zero attached hydrogens (tertiary/aromatic N) is 2. The smallest absolute Gasteiger partial charge is 0.284 e. The summed E-state index contributed by atoms with van der Waals surface area (Å²) in [4.78, 5) is 22.2. The van der Waals surface area contributed by atoms with Crippen molar-refractivity contribution in [3.05, 3.63) is 38.3 Å². The molecule has 19 heavy (non-hydrogen) atoms. The molecule has 1 unspecified atom stereocenters. The van der Waals surface area contributed by atoms with Crippen molar-refractivity contribution in [2.24, 2.45) is 0 Å². The van der Waals surface area contributed by atoms with Crippen LogP contribution in [0.15, 0.2) is 22.7 Å². The predicted molar refractivity (Wildman–Crippen MR) is 72.6 cm³/mol. The van der Waals surface area contributed by atoms with Crippen LogP contribution >= 0.6 is 15.9 Å². The predicted octanol–water partition coefficient (Wildman–Crippen LogP) is 2.78. The van der Waals surface area contributed by atoms with Gasteiger partial charge in [-0.3, -0.25) is 14.9 Å². The highest BCUT2D eigenvalue weighted by atomic mass is 79.9. The number of hydrogen-bond acceptors (Lipinski definition) is 4. The van der Waals surface area contributed by atoms with Gasteiger partial charge >= 0.3 is 0 Å². The van der Waals surface area contributed by atoms with Crippen LogP contribution in [0.5, 0.6) is 0 Å². The number of nitrogens with one attached hydrogen (secondary N) is 1. The van der Waals surface area contributed by atoms with Crippen LogP contribution < -0.4 is 5.32 Å². The molecule has 7 heteroatoms. The Morgan fingerprint density at radius 1 is 1.63 bits per heavy atom. The van der Waals surface area contributed by atoms with Gasteiger partial charge in [0.1, 0.15) is 5.54 Å². The summed E-state index contributed by atoms with van der Waals surface area (Å²) in [6.07, 6.45) is 0.438. The van der Waals surface area contributed by atoms with Gasteiger partial charge in [-0.1, -0.05) is 6.92 Å². The Kier molecular flexibility index (Phi) is 4.62. The first kappa shape index (κ1) is 15.1. The minimum Gasteiger partial charge on any atom is -0.334 e. The van der Waals surface area contributed by atoms with E-state index in [0.717, 1.165) is 0 Å². The summed E-state index contributed by atoms with van der Waals surface area (Å²) in [6.45, 7) is 3.37. The molecule has 0 aromatic heterocycles. The Morgan fingerprint density at radius 3 is 2.74 bits per heavy atom. The zero-order chi connectivity index (χ0) is 14.6. The van der Waals surface area contributed by atoms with E-state index >= 15 is 0 Å². The van der Waals surface area contributed by atoms with Crippen molar-refractivity contribution in [2.45, 2.75) is 25.8 Å². The van der Waals surface area contributed by atoms with Gasteiger partial charge in [0, 0.05) is 11.6 Å². The second kappa shape index (κ2) is 5.80. The summed E-state index contributed by atoms with van der Waals surface area (Å²) in [5.41, 5.74) is -1.04. The molecule has 0 aliphatic heterocycles. The minimum absolute atomic E-state index is 0.143. The fraction of sp³-hybridized carbons (Fsp3) is 0.333. The Labute approximate surface area is 118 Å². The van der Waals surface area contributed by atoms with Crippen LogP contribution in [0.3, 0.4) is 0 Å². The molecule has 1 aromatic carbocycles. The van der Waals surface area contributed by atoms with Crippen LogP contribution in [0.2, 0.25) is 0 Å². The van der Waals surface area contributed by atoms with E-state index in [1.165, 1.54) is 18.2 Å². The highest BCUT2D eigenvalue weighted by Crippen LogP contribution is 2.25. The number of amides is 1. The Morgan fingerprint density at radius 2 is 2.26 bits per heavy atom. The molecule has 1 N–H and O–H groups in total. The number of carbonyl (C=O) groups excluding carboxylic acids is 1. The number of nitriles is 1. The van der Waals surface area contributed by atoms with Gasteiger partial charge in [-0.15, -0.1) is 0 Å². The van der Waals surface area contributed by atoms with Crippen molar-refractivity contribution in [2.75, 3.05) is 0 Å². The van der Waals surface area contributed by atoms with Crippen molar-refractivity contribution >= 4 is 27.5 Å². The summed E-state index contributed by atoms with van der Waals surface area (Å²) in [7, 11) is 0. The standard InChI is InChI=1S/C12H12BrN3O3/c1-3-12(2,7-14)15-11(17)8-4-5-9(13)10(6-8)16(18)19/h4-6H,3H2,1-2H3,(H,15,17). The fourth-order valence-corrected chi connectivity index (χ4v) is 1.70. The molecule has 0 spiro atoms. The third-order valence-corrected chi connectivity index (χ3v) is 3.42. The first-order chi connectivity index (χ1) is 8.83. The lowest BCUT2D eigenvalue weighted by Crippen LogP contribution is -2.44. The summed E-state index contributed by atoms with van der Waals surface area (Å²) in [6, 6.07) is 6.07. The molecule has 0 radical (unpaired) electrons. The molecular formula is C12H12BrN3O3. The van der Waals surface area contributed by atoms with Crippen LogP contribution in [0.4, 0.5) is 5.69 Å². The van der Waals surface area contributed by atoms with E-state index in [0.29, 0.717) is 10.9 Å². The number of carbonyl (C=O) groups is 1. The van der Waals surface area contributed by atoms with Gasteiger partial charge in [0.05, 0.1) is 15.5 Å². The van der Waals surface area contributed by atoms with Crippen LogP contribution in [0.25, 0.3) is 0 Å². The first-order valence-electron chi connectivity index (χ1n) is 5.50. The maximum atomic E-state index is 12.0. The van der Waals surface area contributed by atoms with Crippen molar-refractivity contribution in [1.29, 1.82) is 5.26 Å². The molecule has 0 aliphatic rings. The lowest BCUT2D eigenvalue weighted by molar-refractivity contribution is -0.385. The van der Waals surface area contributed by atoms with E-state index in [9.17, 15) is 14.9 Å². The van der Waals surface area contributed by atoms with Gasteiger partial charge in [-0.25, -0.2) is 0 Å². The maximum Gasteiger partial charge on any atom is 0.284 e. The largest absolute Gasteiger partial charge is 0.334 e. The molecular weight excluding hydrogens is 314 g/mol. The second-order valence-electron chi connectivity index (χ2n) is 4.17. The highest BCUT2D eigenvalue weighted by Gasteiger charge is 2.25. The van der Waals surface area contributed by atoms with Crippen LogP contribution in [0, 0.1) is 21.4 Å². The Hall–Kier alpha value is -1.94. The van der Waals surface area contributed by atoms with Crippen molar-refractivity contribution in [3.63, 3.8) is 0 Å². The molecule has 1 amide bonds. The Bertz CT molecular complexity index is 568. The monoisotopic (exact) mass is 325 g/mol. The maximum absolute atomic E-state index is 12.0. The molecule has 0 fully saturated rings. The Balaban J connectivity index is 3.05. The molecule has 100 valence electrons. The molecule has 0 heterocycles. The van der Waals surface area contributed by atoms with Crippen LogP contribution in [-0.4, -0.2) is 16.4 Å². The van der Waals surface area contributed by atoms with Gasteiger partial charge in [0.25, 0.3) is 11.6 Å². The van der Waals surface area contributed by atoms with E-state index in [2.05, 4.69) is 21.2 Å². The third-order valence-electron chi connectivity index (χ3n) is 2.75. The summed E-state index contributed by atoms with van der Waals surface area (Å²) < 4.78 is 0.299. The zero-order valence-electron chi connectivity index (χ0n) is 10.4. The van der Waals surface area contributed by atoms with E-state index in [1.54, 1.807) is 13.8 Å². The number of rotatable bonds is 4. The fourth-order valence-electron chi connectivity index (χ4n) is 1.31. The van der Waals surface area contributed by atoms with Gasteiger partial charge in [-0.05, 0) is 41.4 Å². The normalized spacial score (nSPS) is 13.2. The molecule has 1 rings (SSSR count). The molecule has 6 nitrogen and oxygen atoms in total. The lowest BCUT2D eigenvalue weighted by Gasteiger charge is -2.21. The van der Waals surface area contributed by atoms with Gasteiger partial charge in [0.2, 0.25) is 0 Å². The average molecular weight is 326 g/mol. The molecule has 0 bridgehead atoms. The quantitative estimate of drug-likeness (QED) is 0.680. The van der Waals surface area contributed by atoms with Crippen molar-refractivity contribution in [1.82, 2.24) is 5.32 Å². The molecule has 0 saturated carbocycles. The first-order valence-corrected chi connectivity index (χ1v) is 6.30. The third kappa shape index (κ3) is 3.51. The van der Waals surface area contributed by atoms with E-state index in [1.807, 2.05) is 6.07 Å². The number of hydrogen-bond donors (Lipinski definition) is 1. The second-order valence-corrected chi connectivity index (χ2v) is 5.03. The van der Waals surface area contributed by atoms with E-state index in [4.69, 9.17) is 5.26 Å². The summed E-state index contributed by atoms with van der Waals surface area (Å²) in [5.74, 6) is -0.512. The molecule has 1 aromatic rings. The number of benzene rings is 1. The van der Waals surface area contributed by atoms with Gasteiger partial charge in [0.15, 0.2) is 0 Å². The molecule has 0 aliphatic carbocycles. The zero-order valence-corrected chi connectivity index (χ0v) is 12.0. The van der Waals surface area contributed by atoms with Gasteiger partial charge in [-0.2, -0.15) is 5.26 Å². The van der Waals surface area contributed by atoms with Crippen molar-refractivity contribution < 1.29 is 9.72 Å². The van der Waals surface area contributed by atoms with Crippen LogP contribution in [-0.2, 0) is 0 Å². The highest BCUT2D eigenvalue weighted by molar-refractivity contribution is 9.10. The van der Waals surface area contributed by atoms with Crippen molar-refractivity contribution in [3.8, 4) is 6.07 Å². The number of nitro groups is 1. The summed E-state index contributed by atoms with van der Waals surface area (Å²) >= 11 is 3.04. The SMILES string of the molecule is CCC(C)(C#N)NC(=O)c1ccc(Br)c([N+](=O)[O-])c1. The van der Waals surface area contributed by atoms with Gasteiger partial charge < -0.3 is 5.32 Å². The minimum atomic E-state index is -0.987. The van der Waals surface area contributed by atoms with E-state index in [-0.39, 0.29) is 11.3 Å². The molecule has 1 atom stereocenters. The number of halogens is 1. The molecule has 0 saturated heterocycles. The average Bonchev–Trinajstić information content (AvgIpc) is 2.38. The van der Waals surface area contributed by atoms with Crippen LogP contribution in [0.1, 0.15) is 30.6 Å². The lowest BCUT2D eigenvalue weighted by atomic mass is 10.0. The topological polar surface area (TPSA) is 96.0 Å². The van der Waals surface area contributed by atoms with E-state index < -0.39 is 16.4 Å².